The predicted molar refractivity (Wildman–Crippen MR) is 75.1 cm³/mol. The smallest absolute Gasteiger partial charge is 0.156 e. The van der Waals surface area contributed by atoms with E-state index in [1.807, 2.05) is 11.8 Å². The van der Waals surface area contributed by atoms with E-state index in [1.165, 1.54) is 5.75 Å². The lowest BCUT2D eigenvalue weighted by molar-refractivity contribution is 0.262. The van der Waals surface area contributed by atoms with Crippen LogP contribution >= 0.6 is 11.8 Å². The molecule has 1 fully saturated rings. The van der Waals surface area contributed by atoms with Gasteiger partial charge in [-0.15, -0.1) is 0 Å². The molecule has 1 saturated heterocycles. The van der Waals surface area contributed by atoms with Crippen molar-refractivity contribution in [2.45, 2.75) is 47.6 Å². The number of hydrogen-bond donors (Lipinski definition) is 1. The van der Waals surface area contributed by atoms with E-state index in [9.17, 15) is 0 Å². The molecule has 2 atom stereocenters. The molecule has 94 valence electrons. The van der Waals surface area contributed by atoms with Gasteiger partial charge in [-0.05, 0) is 24.2 Å². The molecular weight excluding hydrogens is 216 g/mol. The minimum Gasteiger partial charge on any atom is -0.362 e. The summed E-state index contributed by atoms with van der Waals surface area (Å²) in [6.07, 6.45) is 0. The molecule has 0 aromatic rings. The Labute approximate surface area is 105 Å². The van der Waals surface area contributed by atoms with Crippen LogP contribution in [0.4, 0.5) is 0 Å². The molecule has 1 aliphatic heterocycles. The first-order valence-electron chi connectivity index (χ1n) is 6.26. The fourth-order valence-electron chi connectivity index (χ4n) is 1.28. The van der Waals surface area contributed by atoms with Crippen molar-refractivity contribution < 1.29 is 0 Å². The molecule has 0 bridgehead atoms. The Bertz CT molecular complexity index is 259. The van der Waals surface area contributed by atoms with Crippen LogP contribution in [0.3, 0.4) is 0 Å². The lowest BCUT2D eigenvalue weighted by Crippen LogP contribution is -2.42. The van der Waals surface area contributed by atoms with Gasteiger partial charge < -0.3 is 5.32 Å². The Balaban J connectivity index is 2.53. The van der Waals surface area contributed by atoms with Crippen LogP contribution in [0.25, 0.3) is 0 Å². The molecule has 0 radical (unpaired) electrons. The van der Waals surface area contributed by atoms with Crippen LogP contribution in [0.1, 0.15) is 41.5 Å². The van der Waals surface area contributed by atoms with Gasteiger partial charge in [0.25, 0.3) is 0 Å². The van der Waals surface area contributed by atoms with Crippen LogP contribution in [0, 0.1) is 17.3 Å². The zero-order valence-electron chi connectivity index (χ0n) is 11.5. The van der Waals surface area contributed by atoms with Gasteiger partial charge in [-0.2, -0.15) is 0 Å². The van der Waals surface area contributed by atoms with E-state index in [0.717, 1.165) is 17.6 Å². The van der Waals surface area contributed by atoms with Gasteiger partial charge >= 0.3 is 0 Å². The summed E-state index contributed by atoms with van der Waals surface area (Å²) in [5, 5.41) is 4.63. The van der Waals surface area contributed by atoms with Crippen LogP contribution in [0.5, 0.6) is 0 Å². The standard InChI is InChI=1S/C13H26N2S/c1-9(2)13(5,6)8-14-12-15-11(4)10(3)7-16-12/h9-11H,7-8H2,1-6H3,(H,14,15). The summed E-state index contributed by atoms with van der Waals surface area (Å²) in [4.78, 5) is 4.73. The van der Waals surface area contributed by atoms with Crippen molar-refractivity contribution in [2.75, 3.05) is 12.3 Å². The van der Waals surface area contributed by atoms with Gasteiger partial charge in [0.05, 0.1) is 0 Å². The molecule has 16 heavy (non-hydrogen) atoms. The summed E-state index contributed by atoms with van der Waals surface area (Å²) in [5.74, 6) is 2.60. The second kappa shape index (κ2) is 5.44. The predicted octanol–water partition coefficient (Wildman–Crippen LogP) is 3.39. The normalized spacial score (nSPS) is 29.6. The molecule has 0 amide bonds. The fourth-order valence-corrected chi connectivity index (χ4v) is 2.42. The average Bonchev–Trinajstić information content (AvgIpc) is 2.20. The largest absolute Gasteiger partial charge is 0.362 e. The van der Waals surface area contributed by atoms with E-state index in [-0.39, 0.29) is 0 Å². The molecular formula is C13H26N2S. The van der Waals surface area contributed by atoms with Crippen LogP contribution in [-0.4, -0.2) is 23.5 Å². The van der Waals surface area contributed by atoms with Crippen molar-refractivity contribution in [1.82, 2.24) is 5.32 Å². The topological polar surface area (TPSA) is 24.4 Å². The Morgan fingerprint density at radius 1 is 1.44 bits per heavy atom. The van der Waals surface area contributed by atoms with Gasteiger partial charge in [0.2, 0.25) is 0 Å². The van der Waals surface area contributed by atoms with Gasteiger partial charge in [-0.3, -0.25) is 4.99 Å². The Morgan fingerprint density at radius 3 is 2.56 bits per heavy atom. The molecule has 0 aliphatic carbocycles. The highest BCUT2D eigenvalue weighted by atomic mass is 32.2. The van der Waals surface area contributed by atoms with Gasteiger partial charge in [0.1, 0.15) is 0 Å². The molecule has 0 aromatic carbocycles. The van der Waals surface area contributed by atoms with E-state index >= 15 is 0 Å². The van der Waals surface area contributed by atoms with Crippen molar-refractivity contribution in [2.24, 2.45) is 22.2 Å². The van der Waals surface area contributed by atoms with Crippen molar-refractivity contribution >= 4 is 16.9 Å². The van der Waals surface area contributed by atoms with E-state index < -0.39 is 0 Å². The average molecular weight is 242 g/mol. The SMILES string of the molecule is CC1CSC(=NCC(C)(C)C(C)C)NC1C. The highest BCUT2D eigenvalue weighted by molar-refractivity contribution is 8.13. The zero-order valence-corrected chi connectivity index (χ0v) is 12.3. The van der Waals surface area contributed by atoms with Gasteiger partial charge in [-0.1, -0.05) is 46.4 Å². The first kappa shape index (κ1) is 13.9. The summed E-state index contributed by atoms with van der Waals surface area (Å²) >= 11 is 1.87. The zero-order chi connectivity index (χ0) is 12.3. The quantitative estimate of drug-likeness (QED) is 0.820. The third-order valence-electron chi connectivity index (χ3n) is 3.88. The summed E-state index contributed by atoms with van der Waals surface area (Å²) in [6.45, 7) is 14.6. The summed E-state index contributed by atoms with van der Waals surface area (Å²) in [7, 11) is 0. The van der Waals surface area contributed by atoms with Crippen LogP contribution in [0.15, 0.2) is 4.99 Å². The lowest BCUT2D eigenvalue weighted by atomic mass is 9.81. The number of rotatable bonds is 3. The number of hydrogen-bond acceptors (Lipinski definition) is 2. The Hall–Kier alpha value is -0.180. The first-order chi connectivity index (χ1) is 7.33. The Kier molecular flexibility index (Phi) is 4.72. The van der Waals surface area contributed by atoms with E-state index in [2.05, 4.69) is 46.9 Å². The maximum absolute atomic E-state index is 4.73. The minimum absolute atomic E-state index is 0.293. The monoisotopic (exact) mass is 242 g/mol. The van der Waals surface area contributed by atoms with Crippen LogP contribution in [0.2, 0.25) is 0 Å². The van der Waals surface area contributed by atoms with Gasteiger partial charge in [0.15, 0.2) is 5.17 Å². The number of thioether (sulfide) groups is 1. The molecule has 3 heteroatoms. The highest BCUT2D eigenvalue weighted by Crippen LogP contribution is 2.27. The lowest BCUT2D eigenvalue weighted by Gasteiger charge is -2.31. The van der Waals surface area contributed by atoms with Gasteiger partial charge in [0, 0.05) is 18.3 Å². The highest BCUT2D eigenvalue weighted by Gasteiger charge is 2.24. The van der Waals surface area contributed by atoms with Crippen LogP contribution in [-0.2, 0) is 0 Å². The van der Waals surface area contributed by atoms with Crippen molar-refractivity contribution in [3.8, 4) is 0 Å². The van der Waals surface area contributed by atoms with Crippen molar-refractivity contribution in [3.63, 3.8) is 0 Å². The van der Waals surface area contributed by atoms with E-state index in [0.29, 0.717) is 17.4 Å². The number of nitrogens with one attached hydrogen (secondary N) is 1. The van der Waals surface area contributed by atoms with Crippen molar-refractivity contribution in [3.05, 3.63) is 0 Å². The Morgan fingerprint density at radius 2 is 2.06 bits per heavy atom. The van der Waals surface area contributed by atoms with E-state index in [1.54, 1.807) is 0 Å². The number of aliphatic imine (C=N–C) groups is 1. The molecule has 0 aromatic heterocycles. The number of amidine groups is 1. The fraction of sp³-hybridized carbons (Fsp3) is 0.923. The molecule has 1 aliphatic rings. The molecule has 1 heterocycles. The molecule has 1 N–H and O–H groups in total. The third-order valence-corrected chi connectivity index (χ3v) is 5.09. The maximum Gasteiger partial charge on any atom is 0.156 e. The van der Waals surface area contributed by atoms with E-state index in [4.69, 9.17) is 4.99 Å². The van der Waals surface area contributed by atoms with Crippen LogP contribution < -0.4 is 5.32 Å². The third kappa shape index (κ3) is 3.69. The van der Waals surface area contributed by atoms with Gasteiger partial charge in [-0.25, -0.2) is 0 Å². The molecule has 2 unspecified atom stereocenters. The molecule has 1 rings (SSSR count). The van der Waals surface area contributed by atoms with Crippen molar-refractivity contribution in [1.29, 1.82) is 0 Å². The summed E-state index contributed by atoms with van der Waals surface area (Å²) in [6, 6.07) is 0.558. The second-order valence-electron chi connectivity index (χ2n) is 5.99. The maximum atomic E-state index is 4.73. The molecule has 0 spiro atoms. The summed E-state index contributed by atoms with van der Waals surface area (Å²) < 4.78 is 0. The summed E-state index contributed by atoms with van der Waals surface area (Å²) in [5.41, 5.74) is 0.293. The minimum atomic E-state index is 0.293. The second-order valence-corrected chi connectivity index (χ2v) is 6.99. The first-order valence-corrected chi connectivity index (χ1v) is 7.25. The molecule has 2 nitrogen and oxygen atoms in total. The molecule has 0 saturated carbocycles. The number of nitrogens with zero attached hydrogens (tertiary/aromatic N) is 1.